The van der Waals surface area contributed by atoms with E-state index in [1.165, 1.54) is 29.5 Å². The Hall–Kier alpha value is -0.340. The third-order valence-electron chi connectivity index (χ3n) is 3.60. The fraction of sp³-hybridized carbons (Fsp3) is 0.571. The summed E-state index contributed by atoms with van der Waals surface area (Å²) in [4.78, 5) is 2.57. The first-order valence-corrected chi connectivity index (χ1v) is 6.92. The Labute approximate surface area is 107 Å². The lowest BCUT2D eigenvalue weighted by molar-refractivity contribution is 0.296. The number of hydrogen-bond donors (Lipinski definition) is 0. The van der Waals surface area contributed by atoms with Crippen LogP contribution in [0.25, 0.3) is 0 Å². The molecule has 16 heavy (non-hydrogen) atoms. The van der Waals surface area contributed by atoms with Crippen LogP contribution in [0.3, 0.4) is 0 Å². The van der Waals surface area contributed by atoms with Gasteiger partial charge in [0.05, 0.1) is 0 Å². The van der Waals surface area contributed by atoms with E-state index in [2.05, 4.69) is 58.9 Å². The van der Waals surface area contributed by atoms with E-state index < -0.39 is 0 Å². The van der Waals surface area contributed by atoms with Crippen LogP contribution in [0.15, 0.2) is 28.7 Å². The summed E-state index contributed by atoms with van der Waals surface area (Å²) in [6.45, 7) is 8.28. The Morgan fingerprint density at radius 2 is 2.12 bits per heavy atom. The molecule has 0 bridgehead atoms. The fourth-order valence-electron chi connectivity index (χ4n) is 2.42. The van der Waals surface area contributed by atoms with Crippen LogP contribution >= 0.6 is 15.9 Å². The summed E-state index contributed by atoms with van der Waals surface area (Å²) in [6.07, 6.45) is 1.36. The van der Waals surface area contributed by atoms with Gasteiger partial charge in [-0.1, -0.05) is 48.0 Å². The molecule has 0 amide bonds. The number of nitrogens with zero attached hydrogens (tertiary/aromatic N) is 1. The van der Waals surface area contributed by atoms with Gasteiger partial charge < -0.3 is 0 Å². The average molecular weight is 282 g/mol. The summed E-state index contributed by atoms with van der Waals surface area (Å²) in [5.41, 5.74) is 1.41. The lowest BCUT2D eigenvalue weighted by Crippen LogP contribution is -2.21. The molecule has 1 aliphatic heterocycles. The summed E-state index contributed by atoms with van der Waals surface area (Å²) in [5.74, 6) is 1.71. The third-order valence-corrected chi connectivity index (χ3v) is 4.38. The van der Waals surface area contributed by atoms with Crippen molar-refractivity contribution in [1.82, 2.24) is 4.90 Å². The van der Waals surface area contributed by atoms with Crippen molar-refractivity contribution >= 4 is 15.9 Å². The molecule has 88 valence electrons. The van der Waals surface area contributed by atoms with Crippen molar-refractivity contribution < 1.29 is 0 Å². The number of rotatable bonds is 3. The quantitative estimate of drug-likeness (QED) is 0.812. The van der Waals surface area contributed by atoms with Crippen molar-refractivity contribution in [3.05, 3.63) is 34.3 Å². The monoisotopic (exact) mass is 281 g/mol. The van der Waals surface area contributed by atoms with Crippen molar-refractivity contribution in [2.24, 2.45) is 11.8 Å². The number of hydrogen-bond acceptors (Lipinski definition) is 1. The number of likely N-dealkylation sites (tertiary alicyclic amines) is 1. The molecule has 0 radical (unpaired) electrons. The second kappa shape index (κ2) is 5.33. The van der Waals surface area contributed by atoms with E-state index in [1.54, 1.807) is 0 Å². The average Bonchev–Trinajstić information content (AvgIpc) is 2.70. The molecular weight excluding hydrogens is 262 g/mol. The van der Waals surface area contributed by atoms with Gasteiger partial charge in [-0.25, -0.2) is 0 Å². The highest BCUT2D eigenvalue weighted by Gasteiger charge is 2.24. The minimum Gasteiger partial charge on any atom is -0.299 e. The maximum Gasteiger partial charge on any atom is 0.0245 e. The molecule has 0 N–H and O–H groups in total. The SMILES string of the molecule is CC(C)C1CCN(Cc2ccccc2Br)C1. The van der Waals surface area contributed by atoms with Crippen molar-refractivity contribution in [3.63, 3.8) is 0 Å². The van der Waals surface area contributed by atoms with E-state index >= 15 is 0 Å². The smallest absolute Gasteiger partial charge is 0.0245 e. The van der Waals surface area contributed by atoms with E-state index in [9.17, 15) is 0 Å². The van der Waals surface area contributed by atoms with Crippen molar-refractivity contribution in [2.75, 3.05) is 13.1 Å². The molecule has 1 unspecified atom stereocenters. The molecular formula is C14H20BrN. The zero-order valence-corrected chi connectivity index (χ0v) is 11.7. The Morgan fingerprint density at radius 1 is 1.38 bits per heavy atom. The normalized spacial score (nSPS) is 21.9. The van der Waals surface area contributed by atoms with E-state index in [-0.39, 0.29) is 0 Å². The molecule has 1 saturated heterocycles. The van der Waals surface area contributed by atoms with Crippen LogP contribution in [0, 0.1) is 11.8 Å². The summed E-state index contributed by atoms with van der Waals surface area (Å²) in [7, 11) is 0. The van der Waals surface area contributed by atoms with Crippen LogP contribution in [-0.4, -0.2) is 18.0 Å². The van der Waals surface area contributed by atoms with Crippen LogP contribution in [0.1, 0.15) is 25.8 Å². The van der Waals surface area contributed by atoms with Gasteiger partial charge in [-0.3, -0.25) is 4.90 Å². The summed E-state index contributed by atoms with van der Waals surface area (Å²) in [5, 5.41) is 0. The van der Waals surface area contributed by atoms with Gasteiger partial charge in [0.2, 0.25) is 0 Å². The second-order valence-corrected chi connectivity index (χ2v) is 5.97. The molecule has 1 aromatic rings. The largest absolute Gasteiger partial charge is 0.299 e. The van der Waals surface area contributed by atoms with Gasteiger partial charge in [-0.15, -0.1) is 0 Å². The van der Waals surface area contributed by atoms with E-state index in [1.807, 2.05) is 0 Å². The van der Waals surface area contributed by atoms with Gasteiger partial charge in [-0.2, -0.15) is 0 Å². The Balaban J connectivity index is 1.95. The molecule has 0 aromatic heterocycles. The first kappa shape index (κ1) is 12.1. The Kier molecular flexibility index (Phi) is 4.04. The predicted molar refractivity (Wildman–Crippen MR) is 72.4 cm³/mol. The maximum atomic E-state index is 3.62. The molecule has 1 atom stereocenters. The molecule has 1 fully saturated rings. The molecule has 1 aliphatic rings. The Morgan fingerprint density at radius 3 is 2.75 bits per heavy atom. The number of benzene rings is 1. The lowest BCUT2D eigenvalue weighted by atomic mass is 9.95. The van der Waals surface area contributed by atoms with Gasteiger partial charge in [0, 0.05) is 17.6 Å². The van der Waals surface area contributed by atoms with Crippen LogP contribution in [0.5, 0.6) is 0 Å². The molecule has 0 spiro atoms. The Bertz CT molecular complexity index is 348. The second-order valence-electron chi connectivity index (χ2n) is 5.12. The molecule has 0 aliphatic carbocycles. The molecule has 2 rings (SSSR count). The third kappa shape index (κ3) is 2.86. The zero-order chi connectivity index (χ0) is 11.5. The molecule has 0 saturated carbocycles. The van der Waals surface area contributed by atoms with Crippen LogP contribution < -0.4 is 0 Å². The van der Waals surface area contributed by atoms with Gasteiger partial charge in [0.25, 0.3) is 0 Å². The molecule has 1 heterocycles. The van der Waals surface area contributed by atoms with E-state index in [4.69, 9.17) is 0 Å². The summed E-state index contributed by atoms with van der Waals surface area (Å²) < 4.78 is 1.24. The van der Waals surface area contributed by atoms with Gasteiger partial charge >= 0.3 is 0 Å². The highest BCUT2D eigenvalue weighted by atomic mass is 79.9. The first-order valence-electron chi connectivity index (χ1n) is 6.12. The van der Waals surface area contributed by atoms with E-state index in [0.29, 0.717) is 0 Å². The van der Waals surface area contributed by atoms with Gasteiger partial charge in [0.15, 0.2) is 0 Å². The topological polar surface area (TPSA) is 3.24 Å². The van der Waals surface area contributed by atoms with Crippen molar-refractivity contribution in [2.45, 2.75) is 26.8 Å². The van der Waals surface area contributed by atoms with Crippen LogP contribution in [-0.2, 0) is 6.54 Å². The van der Waals surface area contributed by atoms with Crippen molar-refractivity contribution in [1.29, 1.82) is 0 Å². The van der Waals surface area contributed by atoms with Crippen molar-refractivity contribution in [3.8, 4) is 0 Å². The molecule has 1 nitrogen and oxygen atoms in total. The standard InChI is InChI=1S/C14H20BrN/c1-11(2)12-7-8-16(9-12)10-13-5-3-4-6-14(13)15/h3-6,11-12H,7-10H2,1-2H3. The van der Waals surface area contributed by atoms with Crippen LogP contribution in [0.2, 0.25) is 0 Å². The highest BCUT2D eigenvalue weighted by Crippen LogP contribution is 2.26. The van der Waals surface area contributed by atoms with Gasteiger partial charge in [0.1, 0.15) is 0 Å². The van der Waals surface area contributed by atoms with E-state index in [0.717, 1.165) is 18.4 Å². The molecule has 1 aromatic carbocycles. The first-order chi connectivity index (χ1) is 7.66. The highest BCUT2D eigenvalue weighted by molar-refractivity contribution is 9.10. The minimum atomic E-state index is 0.823. The maximum absolute atomic E-state index is 3.62. The van der Waals surface area contributed by atoms with Crippen LogP contribution in [0.4, 0.5) is 0 Å². The predicted octanol–water partition coefficient (Wildman–Crippen LogP) is 3.93. The zero-order valence-electron chi connectivity index (χ0n) is 10.1. The minimum absolute atomic E-state index is 0.823. The van der Waals surface area contributed by atoms with Gasteiger partial charge in [-0.05, 0) is 36.4 Å². The summed E-state index contributed by atoms with van der Waals surface area (Å²) in [6, 6.07) is 8.54. The number of halogens is 1. The molecule has 2 heteroatoms. The summed E-state index contributed by atoms with van der Waals surface area (Å²) >= 11 is 3.62. The lowest BCUT2D eigenvalue weighted by Gasteiger charge is -2.18. The fourth-order valence-corrected chi connectivity index (χ4v) is 2.83.